The predicted molar refractivity (Wildman–Crippen MR) is 72.8 cm³/mol. The van der Waals surface area contributed by atoms with Gasteiger partial charge in [-0.1, -0.05) is 25.3 Å². The van der Waals surface area contributed by atoms with E-state index in [1.807, 2.05) is 0 Å². The highest BCUT2D eigenvalue weighted by Gasteiger charge is 2.33. The molecule has 20 heavy (non-hydrogen) atoms. The van der Waals surface area contributed by atoms with Crippen LogP contribution >= 0.6 is 0 Å². The number of methoxy groups -OCH3 is 1. The Kier molecular flexibility index (Phi) is 4.86. The molecule has 4 heteroatoms. The maximum atomic E-state index is 14.1. The average molecular weight is 282 g/mol. The summed E-state index contributed by atoms with van der Waals surface area (Å²) in [5.74, 6) is -2.09. The number of carbonyl (C=O) groups is 1. The molecule has 1 aromatic rings. The summed E-state index contributed by atoms with van der Waals surface area (Å²) >= 11 is 0. The van der Waals surface area contributed by atoms with Crippen molar-refractivity contribution < 1.29 is 18.3 Å². The van der Waals surface area contributed by atoms with Gasteiger partial charge < -0.3 is 4.74 Å². The number of halogens is 2. The van der Waals surface area contributed by atoms with Crippen molar-refractivity contribution in [2.24, 2.45) is 5.92 Å². The summed E-state index contributed by atoms with van der Waals surface area (Å²) in [4.78, 5) is 12.5. The van der Waals surface area contributed by atoms with E-state index >= 15 is 0 Å². The Hall–Kier alpha value is -1.29. The highest BCUT2D eigenvalue weighted by atomic mass is 19.1. The van der Waals surface area contributed by atoms with Gasteiger partial charge in [0.25, 0.3) is 0 Å². The molecule has 1 aromatic carbocycles. The van der Waals surface area contributed by atoms with Crippen molar-refractivity contribution in [1.29, 1.82) is 0 Å². The third-order valence-electron chi connectivity index (χ3n) is 4.12. The molecule has 1 fully saturated rings. The van der Waals surface area contributed by atoms with Crippen LogP contribution in [0.2, 0.25) is 0 Å². The fourth-order valence-electron chi connectivity index (χ4n) is 2.98. The van der Waals surface area contributed by atoms with E-state index in [0.29, 0.717) is 0 Å². The Labute approximate surface area is 118 Å². The number of hydrogen-bond donors (Lipinski definition) is 0. The van der Waals surface area contributed by atoms with Gasteiger partial charge in [-0.25, -0.2) is 8.78 Å². The van der Waals surface area contributed by atoms with Crippen LogP contribution in [0.3, 0.4) is 0 Å². The Morgan fingerprint density at radius 2 is 1.90 bits per heavy atom. The molecule has 0 heterocycles. The normalized spacial score (nSPS) is 18.0. The first kappa shape index (κ1) is 15.1. The van der Waals surface area contributed by atoms with Crippen molar-refractivity contribution in [3.63, 3.8) is 0 Å². The maximum absolute atomic E-state index is 14.1. The molecular formula is C16H20F2O2. The molecule has 1 atom stereocenters. The molecule has 0 radical (unpaired) electrons. The fourth-order valence-corrected chi connectivity index (χ4v) is 2.98. The van der Waals surface area contributed by atoms with E-state index in [0.717, 1.165) is 38.2 Å². The number of benzene rings is 1. The van der Waals surface area contributed by atoms with Gasteiger partial charge in [0.2, 0.25) is 0 Å². The molecule has 2 nitrogen and oxygen atoms in total. The second-order valence-electron chi connectivity index (χ2n) is 5.47. The van der Waals surface area contributed by atoms with Crippen LogP contribution < -0.4 is 0 Å². The van der Waals surface area contributed by atoms with Gasteiger partial charge in [0.15, 0.2) is 5.78 Å². The van der Waals surface area contributed by atoms with E-state index in [1.54, 1.807) is 0 Å². The minimum atomic E-state index is -0.809. The van der Waals surface area contributed by atoms with Crippen molar-refractivity contribution in [1.82, 2.24) is 0 Å². The molecule has 1 unspecified atom stereocenters. The van der Waals surface area contributed by atoms with Crippen molar-refractivity contribution in [3.05, 3.63) is 34.9 Å². The third kappa shape index (κ3) is 2.90. The molecule has 1 aliphatic rings. The topological polar surface area (TPSA) is 26.3 Å². The van der Waals surface area contributed by atoms with Crippen LogP contribution in [0.4, 0.5) is 8.78 Å². The van der Waals surface area contributed by atoms with E-state index < -0.39 is 29.1 Å². The second-order valence-corrected chi connectivity index (χ2v) is 5.47. The predicted octanol–water partition coefficient (Wildman–Crippen LogP) is 4.05. The van der Waals surface area contributed by atoms with E-state index in [2.05, 4.69) is 0 Å². The molecule has 0 aromatic heterocycles. The molecular weight excluding hydrogens is 262 g/mol. The summed E-state index contributed by atoms with van der Waals surface area (Å²) in [6.07, 6.45) is 4.22. The van der Waals surface area contributed by atoms with Crippen LogP contribution in [0, 0.1) is 24.5 Å². The summed E-state index contributed by atoms with van der Waals surface area (Å²) in [7, 11) is 1.43. The lowest BCUT2D eigenvalue weighted by Gasteiger charge is -2.28. The number of carbonyl (C=O) groups excluding carboxylic acids is 1. The zero-order chi connectivity index (χ0) is 14.7. The van der Waals surface area contributed by atoms with Crippen LogP contribution in [0.25, 0.3) is 0 Å². The Bertz CT molecular complexity index is 493. The summed E-state index contributed by atoms with van der Waals surface area (Å²) in [5, 5.41) is 0. The number of aryl methyl sites for hydroxylation is 1. The smallest absolute Gasteiger partial charge is 0.197 e. The number of ketones is 1. The molecule has 0 spiro atoms. The molecule has 1 saturated carbocycles. The minimum Gasteiger partial charge on any atom is -0.373 e. The monoisotopic (exact) mass is 282 g/mol. The first-order chi connectivity index (χ1) is 9.56. The molecule has 0 bridgehead atoms. The Morgan fingerprint density at radius 3 is 2.50 bits per heavy atom. The van der Waals surface area contributed by atoms with E-state index in [1.165, 1.54) is 20.1 Å². The van der Waals surface area contributed by atoms with Crippen LogP contribution in [-0.4, -0.2) is 19.0 Å². The molecule has 110 valence electrons. The molecule has 0 saturated heterocycles. The highest BCUT2D eigenvalue weighted by Crippen LogP contribution is 2.30. The SMILES string of the molecule is COC(C(=O)c1c(F)ccc(C)c1F)C1CCCCC1. The van der Waals surface area contributed by atoms with Crippen LogP contribution in [-0.2, 0) is 4.74 Å². The van der Waals surface area contributed by atoms with E-state index in [4.69, 9.17) is 4.74 Å². The van der Waals surface area contributed by atoms with Gasteiger partial charge in [-0.05, 0) is 37.3 Å². The van der Waals surface area contributed by atoms with E-state index in [-0.39, 0.29) is 11.5 Å². The zero-order valence-electron chi connectivity index (χ0n) is 11.9. The van der Waals surface area contributed by atoms with Crippen LogP contribution in [0.5, 0.6) is 0 Å². The first-order valence-electron chi connectivity index (χ1n) is 7.08. The molecule has 1 aliphatic carbocycles. The molecule has 0 N–H and O–H groups in total. The van der Waals surface area contributed by atoms with Gasteiger partial charge in [-0.2, -0.15) is 0 Å². The van der Waals surface area contributed by atoms with Crippen molar-refractivity contribution in [2.75, 3.05) is 7.11 Å². The maximum Gasteiger partial charge on any atom is 0.197 e. The number of ether oxygens (including phenoxy) is 1. The lowest BCUT2D eigenvalue weighted by molar-refractivity contribution is 0.0307. The number of hydrogen-bond acceptors (Lipinski definition) is 2. The molecule has 0 amide bonds. The second kappa shape index (κ2) is 6.44. The van der Waals surface area contributed by atoms with Gasteiger partial charge in [0, 0.05) is 7.11 Å². The summed E-state index contributed by atoms with van der Waals surface area (Å²) in [6, 6.07) is 2.48. The van der Waals surface area contributed by atoms with Crippen molar-refractivity contribution in [2.45, 2.75) is 45.1 Å². The van der Waals surface area contributed by atoms with Crippen LogP contribution in [0.1, 0.15) is 48.0 Å². The average Bonchev–Trinajstić information content (AvgIpc) is 2.45. The van der Waals surface area contributed by atoms with Gasteiger partial charge in [-0.15, -0.1) is 0 Å². The fraction of sp³-hybridized carbons (Fsp3) is 0.562. The Morgan fingerprint density at radius 1 is 1.25 bits per heavy atom. The number of rotatable bonds is 4. The van der Waals surface area contributed by atoms with Crippen molar-refractivity contribution >= 4 is 5.78 Å². The Balaban J connectivity index is 2.31. The van der Waals surface area contributed by atoms with E-state index in [9.17, 15) is 13.6 Å². The standard InChI is InChI=1S/C16H20F2O2/c1-10-8-9-12(17)13(14(10)18)15(19)16(20-2)11-6-4-3-5-7-11/h8-9,11,16H,3-7H2,1-2H3. The summed E-state index contributed by atoms with van der Waals surface area (Å²) < 4.78 is 33.2. The lowest BCUT2D eigenvalue weighted by Crippen LogP contribution is -2.34. The minimum absolute atomic E-state index is 0.0561. The summed E-state index contributed by atoms with van der Waals surface area (Å²) in [5.41, 5.74) is -0.185. The van der Waals surface area contributed by atoms with Gasteiger partial charge in [0.05, 0.1) is 5.56 Å². The number of Topliss-reactive ketones (excluding diaryl/α,β-unsaturated/α-hetero) is 1. The summed E-state index contributed by atoms with van der Waals surface area (Å²) in [6.45, 7) is 1.52. The van der Waals surface area contributed by atoms with Gasteiger partial charge in [-0.3, -0.25) is 4.79 Å². The van der Waals surface area contributed by atoms with Gasteiger partial charge >= 0.3 is 0 Å². The lowest BCUT2D eigenvalue weighted by atomic mass is 9.82. The largest absolute Gasteiger partial charge is 0.373 e. The highest BCUT2D eigenvalue weighted by molar-refractivity contribution is 6.00. The first-order valence-corrected chi connectivity index (χ1v) is 7.08. The van der Waals surface area contributed by atoms with Gasteiger partial charge in [0.1, 0.15) is 17.7 Å². The molecule has 0 aliphatic heterocycles. The third-order valence-corrected chi connectivity index (χ3v) is 4.12. The van der Waals surface area contributed by atoms with Crippen LogP contribution in [0.15, 0.2) is 12.1 Å². The zero-order valence-corrected chi connectivity index (χ0v) is 11.9. The quantitative estimate of drug-likeness (QED) is 0.779. The van der Waals surface area contributed by atoms with Crippen molar-refractivity contribution in [3.8, 4) is 0 Å². The molecule has 2 rings (SSSR count).